The zero-order valence-electron chi connectivity index (χ0n) is 6.24. The molecular formula is C7H10ClNOS. The molecule has 0 unspecified atom stereocenters. The summed E-state index contributed by atoms with van der Waals surface area (Å²) >= 11 is 0. The summed E-state index contributed by atoms with van der Waals surface area (Å²) in [6.07, 6.45) is 5.62. The molecule has 11 heavy (non-hydrogen) atoms. The van der Waals surface area contributed by atoms with Crippen LogP contribution in [0.4, 0.5) is 0 Å². The van der Waals surface area contributed by atoms with E-state index < -0.39 is 9.24 Å². The van der Waals surface area contributed by atoms with E-state index in [0.717, 1.165) is 5.75 Å². The first kappa shape index (κ1) is 8.68. The summed E-state index contributed by atoms with van der Waals surface area (Å²) in [7, 11) is 6.50. The van der Waals surface area contributed by atoms with Crippen molar-refractivity contribution >= 4 is 26.1 Å². The number of hydrogen-bond acceptors (Lipinski definition) is 2. The third-order valence-corrected chi connectivity index (χ3v) is 4.10. The predicted molar refractivity (Wildman–Crippen MR) is 52.1 cm³/mol. The van der Waals surface area contributed by atoms with Crippen molar-refractivity contribution < 1.29 is 4.84 Å². The molecule has 0 N–H and O–H groups in total. The van der Waals surface area contributed by atoms with E-state index in [4.69, 9.17) is 10.7 Å². The van der Waals surface area contributed by atoms with Gasteiger partial charge in [0.15, 0.2) is 0 Å². The van der Waals surface area contributed by atoms with Gasteiger partial charge in [0.1, 0.15) is 7.11 Å². The second-order valence-corrected chi connectivity index (χ2v) is 6.17. The monoisotopic (exact) mass is 191 g/mol. The van der Waals surface area contributed by atoms with Crippen LogP contribution in [0.3, 0.4) is 0 Å². The molecule has 1 aliphatic rings. The van der Waals surface area contributed by atoms with E-state index in [9.17, 15) is 0 Å². The fraction of sp³-hybridized carbons (Fsp3) is 0.286. The molecule has 0 saturated carbocycles. The fourth-order valence-electron chi connectivity index (χ4n) is 0.728. The second-order valence-electron chi connectivity index (χ2n) is 2.05. The molecule has 0 aromatic heterocycles. The van der Waals surface area contributed by atoms with Crippen molar-refractivity contribution in [2.75, 3.05) is 12.9 Å². The second kappa shape index (κ2) is 3.83. The summed E-state index contributed by atoms with van der Waals surface area (Å²) in [5, 5.41) is 7.64. The normalized spacial score (nSPS) is 22.7. The van der Waals surface area contributed by atoms with Crippen molar-refractivity contribution in [1.29, 1.82) is 0 Å². The first-order chi connectivity index (χ1) is 5.27. The number of nitrogens with zero attached hydrogens (tertiary/aromatic N) is 1. The number of halogens is 1. The third kappa shape index (κ3) is 2.60. The summed E-state index contributed by atoms with van der Waals surface area (Å²) in [6.45, 7) is 0. The molecule has 62 valence electrons. The van der Waals surface area contributed by atoms with Gasteiger partial charge in [0.25, 0.3) is 0 Å². The Balaban J connectivity index is 2.42. The van der Waals surface area contributed by atoms with Gasteiger partial charge in [-0.3, -0.25) is 0 Å². The van der Waals surface area contributed by atoms with Gasteiger partial charge in [0.05, 0.1) is 6.21 Å². The smallest absolute Gasteiger partial charge is 0.106 e. The minimum Gasteiger partial charge on any atom is -0.399 e. The van der Waals surface area contributed by atoms with E-state index in [1.54, 1.807) is 6.21 Å². The summed E-state index contributed by atoms with van der Waals surface area (Å²) in [5.41, 5.74) is 0. The lowest BCUT2D eigenvalue weighted by Gasteiger charge is -2.18. The van der Waals surface area contributed by atoms with E-state index in [1.807, 2.05) is 23.0 Å². The third-order valence-electron chi connectivity index (χ3n) is 1.23. The maximum Gasteiger partial charge on any atom is 0.106 e. The van der Waals surface area contributed by atoms with Crippen LogP contribution in [-0.2, 0) is 4.84 Å². The number of hydrogen-bond donors (Lipinski definition) is 0. The largest absolute Gasteiger partial charge is 0.399 e. The van der Waals surface area contributed by atoms with Gasteiger partial charge in [0.2, 0.25) is 0 Å². The first-order valence-corrected chi connectivity index (χ1v) is 5.93. The summed E-state index contributed by atoms with van der Waals surface area (Å²) in [6, 6.07) is 0. The first-order valence-electron chi connectivity index (χ1n) is 3.17. The van der Waals surface area contributed by atoms with E-state index in [2.05, 4.69) is 9.99 Å². The SMILES string of the molecule is CO/N=C/CS1(Cl)C=CC=C1. The maximum absolute atomic E-state index is 6.17. The quantitative estimate of drug-likeness (QED) is 0.497. The van der Waals surface area contributed by atoms with Gasteiger partial charge < -0.3 is 4.84 Å². The fourth-order valence-corrected chi connectivity index (χ4v) is 2.56. The average Bonchev–Trinajstić information content (AvgIpc) is 2.38. The summed E-state index contributed by atoms with van der Waals surface area (Å²) in [5.74, 6) is 0.745. The lowest BCUT2D eigenvalue weighted by atomic mass is 10.6. The van der Waals surface area contributed by atoms with Gasteiger partial charge in [0, 0.05) is 5.75 Å². The van der Waals surface area contributed by atoms with Crippen LogP contribution in [0.2, 0.25) is 0 Å². The van der Waals surface area contributed by atoms with Gasteiger partial charge in [-0.2, -0.15) is 0 Å². The van der Waals surface area contributed by atoms with Gasteiger partial charge in [-0.15, -0.1) is 9.24 Å². The Kier molecular flexibility index (Phi) is 3.02. The maximum atomic E-state index is 6.17. The Morgan fingerprint density at radius 3 is 2.73 bits per heavy atom. The lowest BCUT2D eigenvalue weighted by molar-refractivity contribution is 0.215. The van der Waals surface area contributed by atoms with Crippen molar-refractivity contribution in [2.24, 2.45) is 5.16 Å². The number of oxime groups is 1. The lowest BCUT2D eigenvalue weighted by Crippen LogP contribution is -1.91. The topological polar surface area (TPSA) is 21.6 Å². The highest BCUT2D eigenvalue weighted by atomic mass is 35.7. The van der Waals surface area contributed by atoms with Crippen LogP contribution < -0.4 is 0 Å². The highest BCUT2D eigenvalue weighted by Gasteiger charge is 2.14. The Hall–Kier alpha value is -0.410. The molecule has 0 spiro atoms. The van der Waals surface area contributed by atoms with Crippen molar-refractivity contribution in [1.82, 2.24) is 0 Å². The minimum absolute atomic E-state index is 0.745. The van der Waals surface area contributed by atoms with Crippen LogP contribution in [0.1, 0.15) is 0 Å². The minimum atomic E-state index is -1.19. The Bertz CT molecular complexity index is 200. The van der Waals surface area contributed by atoms with E-state index in [1.165, 1.54) is 7.11 Å². The van der Waals surface area contributed by atoms with Crippen LogP contribution in [0.15, 0.2) is 28.1 Å². The van der Waals surface area contributed by atoms with Crippen LogP contribution in [-0.4, -0.2) is 19.1 Å². The van der Waals surface area contributed by atoms with Gasteiger partial charge >= 0.3 is 0 Å². The van der Waals surface area contributed by atoms with Crippen LogP contribution >= 0.6 is 19.9 Å². The van der Waals surface area contributed by atoms with Crippen LogP contribution in [0.5, 0.6) is 0 Å². The zero-order valence-corrected chi connectivity index (χ0v) is 7.81. The standard InChI is InChI=1S/C7H10ClNOS/c1-10-9-4-7-11(8)5-2-3-6-11/h2-6H,7H2,1H3/b9-4+. The van der Waals surface area contributed by atoms with Crippen molar-refractivity contribution in [3.05, 3.63) is 23.0 Å². The number of rotatable bonds is 3. The molecule has 1 heterocycles. The molecule has 1 rings (SSSR count). The van der Waals surface area contributed by atoms with Crippen molar-refractivity contribution in [3.8, 4) is 0 Å². The number of allylic oxidation sites excluding steroid dienone is 2. The van der Waals surface area contributed by atoms with Gasteiger partial charge in [-0.05, 0) is 10.8 Å². The highest BCUT2D eigenvalue weighted by Crippen LogP contribution is 2.57. The molecule has 1 aliphatic heterocycles. The van der Waals surface area contributed by atoms with Crippen molar-refractivity contribution in [2.45, 2.75) is 0 Å². The molecule has 0 aromatic rings. The summed E-state index contributed by atoms with van der Waals surface area (Å²) < 4.78 is 0. The Labute approximate surface area is 72.4 Å². The highest BCUT2D eigenvalue weighted by molar-refractivity contribution is 8.55. The van der Waals surface area contributed by atoms with Crippen LogP contribution in [0, 0.1) is 0 Å². The van der Waals surface area contributed by atoms with Crippen LogP contribution in [0.25, 0.3) is 0 Å². The van der Waals surface area contributed by atoms with Crippen molar-refractivity contribution in [3.63, 3.8) is 0 Å². The molecule has 2 nitrogen and oxygen atoms in total. The summed E-state index contributed by atoms with van der Waals surface area (Å²) in [4.78, 5) is 4.52. The molecule has 0 aliphatic carbocycles. The predicted octanol–water partition coefficient (Wildman–Crippen LogP) is 2.62. The molecule has 0 saturated heterocycles. The molecule has 4 heteroatoms. The molecular weight excluding hydrogens is 182 g/mol. The molecule has 0 atom stereocenters. The Morgan fingerprint density at radius 2 is 2.18 bits per heavy atom. The Morgan fingerprint density at radius 1 is 1.55 bits per heavy atom. The van der Waals surface area contributed by atoms with E-state index in [-0.39, 0.29) is 0 Å². The van der Waals surface area contributed by atoms with E-state index in [0.29, 0.717) is 0 Å². The molecule has 0 fully saturated rings. The van der Waals surface area contributed by atoms with Gasteiger partial charge in [-0.25, -0.2) is 0 Å². The zero-order chi connectivity index (χ0) is 8.16. The molecule has 0 aromatic carbocycles. The molecule has 0 amide bonds. The molecule has 0 bridgehead atoms. The molecule has 0 radical (unpaired) electrons. The van der Waals surface area contributed by atoms with Gasteiger partial charge in [-0.1, -0.05) is 28.0 Å². The van der Waals surface area contributed by atoms with E-state index >= 15 is 0 Å². The average molecular weight is 192 g/mol.